The first kappa shape index (κ1) is 22.3. The quantitative estimate of drug-likeness (QED) is 0.205. The van der Waals surface area contributed by atoms with Gasteiger partial charge in [-0.05, 0) is 18.6 Å². The summed E-state index contributed by atoms with van der Waals surface area (Å²) in [7, 11) is 0. The van der Waals surface area contributed by atoms with Crippen LogP contribution in [0.5, 0.6) is 34.5 Å². The van der Waals surface area contributed by atoms with Crippen LogP contribution >= 0.6 is 0 Å². The highest BCUT2D eigenvalue weighted by atomic mass is 16.7. The van der Waals surface area contributed by atoms with E-state index in [1.54, 1.807) is 6.92 Å². The lowest BCUT2D eigenvalue weighted by Crippen LogP contribution is -2.59. The Kier molecular flexibility index (Phi) is 4.62. The summed E-state index contributed by atoms with van der Waals surface area (Å²) in [6, 6.07) is 3.43. The van der Waals surface area contributed by atoms with Crippen LogP contribution in [0.4, 0.5) is 0 Å². The van der Waals surface area contributed by atoms with Crippen molar-refractivity contribution in [2.45, 2.75) is 43.0 Å². The molecule has 0 spiro atoms. The van der Waals surface area contributed by atoms with Gasteiger partial charge in [0.15, 0.2) is 23.4 Å². The molecule has 6 atom stereocenters. The summed E-state index contributed by atoms with van der Waals surface area (Å²) in [6.07, 6.45) is -4.40. The summed E-state index contributed by atoms with van der Waals surface area (Å²) >= 11 is 0. The van der Waals surface area contributed by atoms with Crippen LogP contribution in [0.1, 0.15) is 29.7 Å². The molecule has 0 saturated carbocycles. The number of hydrogen-bond donors (Lipinski definition) is 8. The number of aromatic hydroxyl groups is 4. The van der Waals surface area contributed by atoms with E-state index in [1.807, 2.05) is 0 Å². The van der Waals surface area contributed by atoms with Gasteiger partial charge < -0.3 is 55.1 Å². The maximum absolute atomic E-state index is 12.8. The first-order valence-electron chi connectivity index (χ1n) is 10.4. The minimum absolute atomic E-state index is 0.147. The Morgan fingerprint density at radius 2 is 1.71 bits per heavy atom. The van der Waals surface area contributed by atoms with Crippen molar-refractivity contribution in [2.24, 2.45) is 5.92 Å². The summed E-state index contributed by atoms with van der Waals surface area (Å²) in [4.78, 5) is 12.8. The van der Waals surface area contributed by atoms with Gasteiger partial charge in [0.1, 0.15) is 29.5 Å². The van der Waals surface area contributed by atoms with E-state index in [0.29, 0.717) is 0 Å². The topological polar surface area (TPSA) is 207 Å². The molecule has 34 heavy (non-hydrogen) atoms. The molecule has 0 amide bonds. The molecule has 3 heterocycles. The van der Waals surface area contributed by atoms with Gasteiger partial charge >= 0.3 is 5.97 Å². The molecule has 0 aromatic heterocycles. The van der Waals surface area contributed by atoms with Crippen LogP contribution in [0, 0.1) is 5.92 Å². The summed E-state index contributed by atoms with van der Waals surface area (Å²) in [5, 5.41) is 82.0. The second-order valence-electron chi connectivity index (χ2n) is 8.79. The number of benzene rings is 2. The molecular weight excluding hydrogens is 456 g/mol. The molecule has 2 aromatic carbocycles. The standard InChI is InChI=1S/C22H22O12/c1-7-2-9-10(24)5-14-15(18(9)32-17(7)8-3-11(25)16(28)12(26)4-8)21(30)20(29)33-19(13(27)6-23)22(21,31)34-14/h3-5,7,13,17,19,23-28,30-31H,2,6H2,1H3/t7-,13+,17+,19-,21?,22?/m1/s1. The fourth-order valence-electron chi connectivity index (χ4n) is 4.92. The van der Waals surface area contributed by atoms with E-state index in [1.165, 1.54) is 12.1 Å². The Balaban J connectivity index is 1.66. The zero-order valence-corrected chi connectivity index (χ0v) is 17.7. The van der Waals surface area contributed by atoms with Gasteiger partial charge in [0.25, 0.3) is 11.4 Å². The molecule has 2 unspecified atom stereocenters. The highest BCUT2D eigenvalue weighted by Gasteiger charge is 2.77. The first-order valence-corrected chi connectivity index (χ1v) is 10.4. The van der Waals surface area contributed by atoms with Gasteiger partial charge in [0, 0.05) is 23.1 Å². The summed E-state index contributed by atoms with van der Waals surface area (Å²) in [6.45, 7) is 0.837. The molecule has 5 rings (SSSR count). The number of aliphatic hydroxyl groups excluding tert-OH is 2. The van der Waals surface area contributed by atoms with E-state index in [4.69, 9.17) is 14.2 Å². The third kappa shape index (κ3) is 2.64. The molecule has 12 nitrogen and oxygen atoms in total. The third-order valence-electron chi connectivity index (χ3n) is 6.63. The predicted octanol–water partition coefficient (Wildman–Crippen LogP) is -0.631. The Hall–Kier alpha value is -3.45. The monoisotopic (exact) mass is 478 g/mol. The maximum Gasteiger partial charge on any atom is 0.351 e. The van der Waals surface area contributed by atoms with E-state index in [9.17, 15) is 45.6 Å². The van der Waals surface area contributed by atoms with Gasteiger partial charge in [-0.1, -0.05) is 6.92 Å². The summed E-state index contributed by atoms with van der Waals surface area (Å²) < 4.78 is 16.4. The number of ether oxygens (including phenoxy) is 3. The van der Waals surface area contributed by atoms with Gasteiger partial charge in [-0.15, -0.1) is 0 Å². The van der Waals surface area contributed by atoms with E-state index >= 15 is 0 Å². The number of cyclic esters (lactones) is 1. The molecule has 2 aromatic rings. The molecule has 0 bridgehead atoms. The Morgan fingerprint density at radius 1 is 1.06 bits per heavy atom. The molecule has 3 aliphatic rings. The van der Waals surface area contributed by atoms with Gasteiger partial charge in [0.2, 0.25) is 0 Å². The zero-order valence-electron chi connectivity index (χ0n) is 17.7. The fraction of sp³-hybridized carbons (Fsp3) is 0.409. The van der Waals surface area contributed by atoms with Crippen molar-refractivity contribution in [3.05, 3.63) is 34.9 Å². The van der Waals surface area contributed by atoms with E-state index < -0.39 is 59.5 Å². The van der Waals surface area contributed by atoms with Crippen LogP contribution < -0.4 is 9.47 Å². The molecule has 0 radical (unpaired) electrons. The average molecular weight is 478 g/mol. The second-order valence-corrected chi connectivity index (χ2v) is 8.79. The molecule has 8 N–H and O–H groups in total. The highest BCUT2D eigenvalue weighted by molar-refractivity contribution is 5.90. The molecular formula is C22H22O12. The lowest BCUT2D eigenvalue weighted by Gasteiger charge is -2.35. The summed E-state index contributed by atoms with van der Waals surface area (Å²) in [5.74, 6) is -7.31. The number of aliphatic hydroxyl groups is 4. The highest BCUT2D eigenvalue weighted by Crippen LogP contribution is 2.61. The molecule has 12 heteroatoms. The smallest absolute Gasteiger partial charge is 0.351 e. The van der Waals surface area contributed by atoms with Crippen molar-refractivity contribution in [1.29, 1.82) is 0 Å². The van der Waals surface area contributed by atoms with Gasteiger partial charge in [-0.3, -0.25) is 0 Å². The van der Waals surface area contributed by atoms with Crippen molar-refractivity contribution < 1.29 is 59.9 Å². The normalized spacial score (nSPS) is 32.1. The first-order chi connectivity index (χ1) is 15.9. The Morgan fingerprint density at radius 3 is 2.32 bits per heavy atom. The van der Waals surface area contributed by atoms with E-state index in [-0.39, 0.29) is 46.3 Å². The number of hydrogen-bond acceptors (Lipinski definition) is 12. The predicted molar refractivity (Wildman–Crippen MR) is 108 cm³/mol. The van der Waals surface area contributed by atoms with E-state index in [2.05, 4.69) is 0 Å². The van der Waals surface area contributed by atoms with Crippen LogP contribution in [-0.2, 0) is 21.6 Å². The third-order valence-corrected chi connectivity index (χ3v) is 6.63. The van der Waals surface area contributed by atoms with Crippen LogP contribution in [0.2, 0.25) is 0 Å². The van der Waals surface area contributed by atoms with Crippen molar-refractivity contribution in [3.8, 4) is 34.5 Å². The molecule has 1 fully saturated rings. The number of phenols is 4. The fourth-order valence-corrected chi connectivity index (χ4v) is 4.92. The minimum Gasteiger partial charge on any atom is -0.507 e. The Labute approximate surface area is 191 Å². The number of rotatable bonds is 3. The van der Waals surface area contributed by atoms with Crippen LogP contribution in [-0.4, -0.2) is 71.4 Å². The van der Waals surface area contributed by atoms with Crippen LogP contribution in [0.3, 0.4) is 0 Å². The lowest BCUT2D eigenvalue weighted by atomic mass is 9.81. The number of esters is 1. The zero-order chi connectivity index (χ0) is 24.7. The van der Waals surface area contributed by atoms with Gasteiger partial charge in [-0.2, -0.15) is 0 Å². The SMILES string of the molecule is C[C@@H]1Cc2c(O)cc3c(c2O[C@@H]1c1cc(O)c(O)c(O)c1)C1(O)C(=O)O[C@H]([C@@H](O)CO)C1(O)O3. The van der Waals surface area contributed by atoms with E-state index in [0.717, 1.165) is 6.07 Å². The lowest BCUT2D eigenvalue weighted by molar-refractivity contribution is -0.251. The summed E-state index contributed by atoms with van der Waals surface area (Å²) in [5.41, 5.74) is -2.78. The largest absolute Gasteiger partial charge is 0.507 e. The number of phenolic OH excluding ortho intramolecular Hbond substituents is 4. The van der Waals surface area contributed by atoms with Crippen LogP contribution in [0.25, 0.3) is 0 Å². The van der Waals surface area contributed by atoms with Crippen molar-refractivity contribution in [3.63, 3.8) is 0 Å². The molecule has 3 aliphatic heterocycles. The number of fused-ring (bicyclic) bond motifs is 5. The van der Waals surface area contributed by atoms with Crippen molar-refractivity contribution >= 4 is 5.97 Å². The second kappa shape index (κ2) is 7.03. The number of carbonyl (C=O) groups is 1. The van der Waals surface area contributed by atoms with Crippen LogP contribution in [0.15, 0.2) is 18.2 Å². The van der Waals surface area contributed by atoms with Gasteiger partial charge in [-0.25, -0.2) is 4.79 Å². The molecule has 1 saturated heterocycles. The van der Waals surface area contributed by atoms with Crippen molar-refractivity contribution in [1.82, 2.24) is 0 Å². The Bertz CT molecular complexity index is 1190. The maximum atomic E-state index is 12.8. The number of carbonyl (C=O) groups excluding carboxylic acids is 1. The minimum atomic E-state index is -2.87. The molecule has 0 aliphatic carbocycles. The molecule has 182 valence electrons. The van der Waals surface area contributed by atoms with Crippen molar-refractivity contribution in [2.75, 3.05) is 6.61 Å². The van der Waals surface area contributed by atoms with Gasteiger partial charge in [0.05, 0.1) is 12.2 Å². The average Bonchev–Trinajstić information content (AvgIpc) is 3.13.